The summed E-state index contributed by atoms with van der Waals surface area (Å²) < 4.78 is 35.2. The van der Waals surface area contributed by atoms with Gasteiger partial charge >= 0.3 is 5.92 Å². The van der Waals surface area contributed by atoms with Crippen molar-refractivity contribution in [3.8, 4) is 5.75 Å². The van der Waals surface area contributed by atoms with Gasteiger partial charge in [0.1, 0.15) is 18.5 Å². The molecule has 6 heteroatoms. The van der Waals surface area contributed by atoms with Crippen molar-refractivity contribution >= 4 is 21.8 Å². The summed E-state index contributed by atoms with van der Waals surface area (Å²) in [5.41, 5.74) is 1.03. The van der Waals surface area contributed by atoms with Crippen LogP contribution in [-0.2, 0) is 12.5 Å². The molecule has 0 aliphatic heterocycles. The molecule has 4 rings (SSSR count). The summed E-state index contributed by atoms with van der Waals surface area (Å²) in [6.07, 6.45) is -0.974. The molecule has 0 aliphatic rings. The number of aromatic nitrogens is 2. The van der Waals surface area contributed by atoms with Gasteiger partial charge in [-0.15, -0.1) is 0 Å². The van der Waals surface area contributed by atoms with E-state index in [0.29, 0.717) is 16.8 Å². The molecule has 0 unspecified atom stereocenters. The molecule has 144 valence electrons. The predicted octanol–water partition coefficient (Wildman–Crippen LogP) is 4.74. The molecule has 0 fully saturated rings. The molecule has 0 saturated heterocycles. The van der Waals surface area contributed by atoms with Crippen molar-refractivity contribution in [1.82, 2.24) is 9.55 Å². The van der Waals surface area contributed by atoms with E-state index < -0.39 is 12.0 Å². The van der Waals surface area contributed by atoms with Crippen molar-refractivity contribution in [1.29, 1.82) is 0 Å². The number of ether oxygens (including phenoxy) is 1. The number of fused-ring (bicyclic) bond motifs is 2. The van der Waals surface area contributed by atoms with E-state index in [1.54, 1.807) is 24.3 Å². The average molecular weight is 382 g/mol. The van der Waals surface area contributed by atoms with Crippen LogP contribution in [0, 0.1) is 0 Å². The standard InChI is InChI=1S/C22H20F2N2O2/c1-22(23,24)21-25-18-10-4-5-11-19(18)26(21)13-16(27)14-28-20-12-6-8-15-7-2-3-9-17(15)20/h2-12,16,27H,13-14H2,1H3/t16-/m1/s1. The fraction of sp³-hybridized carbons (Fsp3) is 0.227. The van der Waals surface area contributed by atoms with Gasteiger partial charge in [0.15, 0.2) is 5.82 Å². The highest BCUT2D eigenvalue weighted by atomic mass is 19.3. The summed E-state index contributed by atoms with van der Waals surface area (Å²) in [5.74, 6) is -2.83. The Labute approximate surface area is 161 Å². The van der Waals surface area contributed by atoms with Crippen LogP contribution in [-0.4, -0.2) is 27.4 Å². The topological polar surface area (TPSA) is 47.3 Å². The van der Waals surface area contributed by atoms with E-state index in [-0.39, 0.29) is 19.0 Å². The number of para-hydroxylation sites is 2. The van der Waals surface area contributed by atoms with Gasteiger partial charge in [-0.3, -0.25) is 0 Å². The molecule has 0 amide bonds. The summed E-state index contributed by atoms with van der Waals surface area (Å²) in [4.78, 5) is 4.06. The third kappa shape index (κ3) is 3.55. The molecule has 4 aromatic rings. The van der Waals surface area contributed by atoms with Crippen LogP contribution < -0.4 is 4.74 Å². The van der Waals surface area contributed by atoms with Gasteiger partial charge in [0.05, 0.1) is 17.6 Å². The number of rotatable bonds is 6. The van der Waals surface area contributed by atoms with E-state index in [4.69, 9.17) is 4.74 Å². The molecule has 0 saturated carbocycles. The van der Waals surface area contributed by atoms with Crippen molar-refractivity contribution in [2.24, 2.45) is 0 Å². The van der Waals surface area contributed by atoms with Crippen LogP contribution in [0.3, 0.4) is 0 Å². The van der Waals surface area contributed by atoms with Crippen LogP contribution in [0.4, 0.5) is 8.78 Å². The number of hydrogen-bond acceptors (Lipinski definition) is 3. The predicted molar refractivity (Wildman–Crippen MR) is 105 cm³/mol. The first-order chi connectivity index (χ1) is 13.4. The van der Waals surface area contributed by atoms with Crippen molar-refractivity contribution < 1.29 is 18.6 Å². The number of hydrogen-bond donors (Lipinski definition) is 1. The lowest BCUT2D eigenvalue weighted by molar-refractivity contribution is 0.00137. The van der Waals surface area contributed by atoms with Gasteiger partial charge in [0.25, 0.3) is 0 Å². The molecule has 1 heterocycles. The largest absolute Gasteiger partial charge is 0.490 e. The summed E-state index contributed by atoms with van der Waals surface area (Å²) >= 11 is 0. The number of alkyl halides is 2. The molecular formula is C22H20F2N2O2. The minimum absolute atomic E-state index is 0.0186. The average Bonchev–Trinajstić information content (AvgIpc) is 3.05. The van der Waals surface area contributed by atoms with E-state index in [2.05, 4.69) is 4.98 Å². The van der Waals surface area contributed by atoms with Crippen molar-refractivity contribution in [3.63, 3.8) is 0 Å². The first kappa shape index (κ1) is 18.4. The molecule has 1 aromatic heterocycles. The zero-order valence-corrected chi connectivity index (χ0v) is 15.3. The van der Waals surface area contributed by atoms with Crippen LogP contribution in [0.2, 0.25) is 0 Å². The summed E-state index contributed by atoms with van der Waals surface area (Å²) in [6, 6.07) is 20.4. The molecule has 0 radical (unpaired) electrons. The van der Waals surface area contributed by atoms with Crippen LogP contribution >= 0.6 is 0 Å². The van der Waals surface area contributed by atoms with Gasteiger partial charge in [-0.05, 0) is 23.6 Å². The first-order valence-corrected chi connectivity index (χ1v) is 9.05. The lowest BCUT2D eigenvalue weighted by Gasteiger charge is -2.18. The second kappa shape index (κ2) is 7.20. The molecule has 3 aromatic carbocycles. The second-order valence-electron chi connectivity index (χ2n) is 6.87. The summed E-state index contributed by atoms with van der Waals surface area (Å²) in [5, 5.41) is 12.5. The Morgan fingerprint density at radius 1 is 1.04 bits per heavy atom. The highest BCUT2D eigenvalue weighted by molar-refractivity contribution is 5.88. The Balaban J connectivity index is 1.56. The maximum Gasteiger partial charge on any atom is 0.302 e. The van der Waals surface area contributed by atoms with Crippen molar-refractivity contribution in [2.45, 2.75) is 25.5 Å². The molecular weight excluding hydrogens is 362 g/mol. The molecule has 4 nitrogen and oxygen atoms in total. The summed E-state index contributed by atoms with van der Waals surface area (Å²) in [6.45, 7) is 0.753. The van der Waals surface area contributed by atoms with Gasteiger partial charge in [-0.25, -0.2) is 4.98 Å². The minimum atomic E-state index is -3.12. The Kier molecular flexibility index (Phi) is 4.73. The van der Waals surface area contributed by atoms with Crippen LogP contribution in [0.25, 0.3) is 21.8 Å². The Bertz CT molecular complexity index is 1110. The minimum Gasteiger partial charge on any atom is -0.490 e. The monoisotopic (exact) mass is 382 g/mol. The van der Waals surface area contributed by atoms with Gasteiger partial charge in [-0.2, -0.15) is 8.78 Å². The number of aliphatic hydroxyl groups excluding tert-OH is 1. The zero-order chi connectivity index (χ0) is 19.7. The number of halogens is 2. The quantitative estimate of drug-likeness (QED) is 0.524. The van der Waals surface area contributed by atoms with Gasteiger partial charge in [0, 0.05) is 12.3 Å². The molecule has 28 heavy (non-hydrogen) atoms. The van der Waals surface area contributed by atoms with Gasteiger partial charge in [-0.1, -0.05) is 48.5 Å². The molecule has 0 bridgehead atoms. The third-order valence-corrected chi connectivity index (χ3v) is 4.62. The zero-order valence-electron chi connectivity index (χ0n) is 15.3. The second-order valence-corrected chi connectivity index (χ2v) is 6.87. The van der Waals surface area contributed by atoms with E-state index in [9.17, 15) is 13.9 Å². The molecule has 0 spiro atoms. The number of benzene rings is 3. The van der Waals surface area contributed by atoms with E-state index >= 15 is 0 Å². The van der Waals surface area contributed by atoms with E-state index in [1.807, 2.05) is 42.5 Å². The highest BCUT2D eigenvalue weighted by Gasteiger charge is 2.32. The SMILES string of the molecule is CC(F)(F)c1nc2ccccc2n1C[C@@H](O)COc1cccc2ccccc12. The van der Waals surface area contributed by atoms with Crippen LogP contribution in [0.1, 0.15) is 12.7 Å². The first-order valence-electron chi connectivity index (χ1n) is 9.05. The maximum absolute atomic E-state index is 14.0. The maximum atomic E-state index is 14.0. The fourth-order valence-electron chi connectivity index (χ4n) is 3.37. The van der Waals surface area contributed by atoms with Crippen molar-refractivity contribution in [3.05, 3.63) is 72.6 Å². The molecule has 1 N–H and O–H groups in total. The van der Waals surface area contributed by atoms with Crippen LogP contribution in [0.5, 0.6) is 5.75 Å². The Morgan fingerprint density at radius 2 is 1.75 bits per heavy atom. The Hall–Kier alpha value is -2.99. The number of imidazole rings is 1. The van der Waals surface area contributed by atoms with Crippen molar-refractivity contribution in [2.75, 3.05) is 6.61 Å². The molecule has 1 atom stereocenters. The lowest BCUT2D eigenvalue weighted by Crippen LogP contribution is -2.27. The fourth-order valence-corrected chi connectivity index (χ4v) is 3.37. The number of aliphatic hydroxyl groups is 1. The lowest BCUT2D eigenvalue weighted by atomic mass is 10.1. The normalized spacial score (nSPS) is 13.1. The highest BCUT2D eigenvalue weighted by Crippen LogP contribution is 2.30. The number of nitrogens with zero attached hydrogens (tertiary/aromatic N) is 2. The van der Waals surface area contributed by atoms with E-state index in [0.717, 1.165) is 17.7 Å². The Morgan fingerprint density at radius 3 is 2.57 bits per heavy atom. The van der Waals surface area contributed by atoms with E-state index in [1.165, 1.54) is 4.57 Å². The molecule has 0 aliphatic carbocycles. The smallest absolute Gasteiger partial charge is 0.302 e. The third-order valence-electron chi connectivity index (χ3n) is 4.62. The van der Waals surface area contributed by atoms with Gasteiger partial charge in [0.2, 0.25) is 0 Å². The van der Waals surface area contributed by atoms with Crippen LogP contribution in [0.15, 0.2) is 66.7 Å². The summed E-state index contributed by atoms with van der Waals surface area (Å²) in [7, 11) is 0. The van der Waals surface area contributed by atoms with Gasteiger partial charge < -0.3 is 14.4 Å².